The van der Waals surface area contributed by atoms with Gasteiger partial charge in [0.2, 0.25) is 0 Å². The summed E-state index contributed by atoms with van der Waals surface area (Å²) in [7, 11) is 0. The van der Waals surface area contributed by atoms with Crippen LogP contribution in [0.5, 0.6) is 0 Å². The summed E-state index contributed by atoms with van der Waals surface area (Å²) < 4.78 is 0. The summed E-state index contributed by atoms with van der Waals surface area (Å²) in [4.78, 5) is 4.13. The molecule has 0 rings (SSSR count). The van der Waals surface area contributed by atoms with Crippen molar-refractivity contribution in [2.75, 3.05) is 6.54 Å². The fourth-order valence-electron chi connectivity index (χ4n) is 0.493. The van der Waals surface area contributed by atoms with E-state index in [2.05, 4.69) is 11.9 Å². The molecule has 0 amide bonds. The summed E-state index contributed by atoms with van der Waals surface area (Å²) in [5, 5.41) is 0. The fourth-order valence-corrected chi connectivity index (χ4v) is 0.493. The summed E-state index contributed by atoms with van der Waals surface area (Å²) in [6.45, 7) is 5.07. The maximum Gasteiger partial charge on any atom is 0.0934 e. The molecule has 0 aliphatic carbocycles. The van der Waals surface area contributed by atoms with Gasteiger partial charge in [-0.2, -0.15) is 0 Å². The highest BCUT2D eigenvalue weighted by atomic mass is 14.8. The van der Waals surface area contributed by atoms with E-state index in [1.807, 2.05) is 6.92 Å². The number of amidine groups is 1. The molecule has 0 heterocycles. The maximum atomic E-state index is 5.46. The third-order valence-corrected chi connectivity index (χ3v) is 1.19. The molecule has 2 N–H and O–H groups in total. The summed E-state index contributed by atoms with van der Waals surface area (Å²) >= 11 is 0. The molecule has 2 nitrogen and oxygen atoms in total. The van der Waals surface area contributed by atoms with Crippen molar-refractivity contribution >= 4 is 5.84 Å². The predicted molar refractivity (Wildman–Crippen MR) is 41.7 cm³/mol. The Balaban J connectivity index is 3.21. The van der Waals surface area contributed by atoms with Crippen molar-refractivity contribution in [3.63, 3.8) is 0 Å². The van der Waals surface area contributed by atoms with Gasteiger partial charge in [-0.15, -0.1) is 0 Å². The van der Waals surface area contributed by atoms with E-state index in [9.17, 15) is 0 Å². The molecule has 2 heteroatoms. The molecule has 0 aromatic heterocycles. The average molecular weight is 128 g/mol. The van der Waals surface area contributed by atoms with Crippen LogP contribution < -0.4 is 5.73 Å². The van der Waals surface area contributed by atoms with Gasteiger partial charge in [-0.3, -0.25) is 4.99 Å². The predicted octanol–water partition coefficient (Wildman–Crippen LogP) is 1.55. The molecule has 0 unspecified atom stereocenters. The molecular weight excluding hydrogens is 112 g/mol. The van der Waals surface area contributed by atoms with Gasteiger partial charge < -0.3 is 5.73 Å². The number of hydrogen-bond donors (Lipinski definition) is 1. The van der Waals surface area contributed by atoms with E-state index >= 15 is 0 Å². The minimum Gasteiger partial charge on any atom is -0.387 e. The second-order valence-corrected chi connectivity index (χ2v) is 2.08. The van der Waals surface area contributed by atoms with Gasteiger partial charge in [0.1, 0.15) is 0 Å². The van der Waals surface area contributed by atoms with Gasteiger partial charge in [-0.05, 0) is 6.42 Å². The van der Waals surface area contributed by atoms with Crippen molar-refractivity contribution in [3.8, 4) is 0 Å². The molecule has 0 saturated heterocycles. The molecule has 0 spiro atoms. The number of rotatable bonds is 4. The normalized spacial score (nSPS) is 12.0. The minimum absolute atomic E-state index is 0.781. The van der Waals surface area contributed by atoms with Gasteiger partial charge >= 0.3 is 0 Å². The average Bonchev–Trinajstić information content (AvgIpc) is 1.89. The van der Waals surface area contributed by atoms with Crippen LogP contribution >= 0.6 is 0 Å². The molecule has 0 bridgehead atoms. The molecule has 0 saturated carbocycles. The summed E-state index contributed by atoms with van der Waals surface area (Å²) in [6.07, 6.45) is 3.23. The second kappa shape index (κ2) is 5.60. The highest BCUT2D eigenvalue weighted by molar-refractivity contribution is 5.79. The van der Waals surface area contributed by atoms with E-state index in [4.69, 9.17) is 5.73 Å². The van der Waals surface area contributed by atoms with Crippen LogP contribution in [0.2, 0.25) is 0 Å². The third kappa shape index (κ3) is 5.34. The molecule has 0 aliphatic heterocycles. The van der Waals surface area contributed by atoms with E-state index < -0.39 is 0 Å². The first-order valence-electron chi connectivity index (χ1n) is 3.60. The molecule has 0 aliphatic rings. The van der Waals surface area contributed by atoms with Crippen LogP contribution in [0.1, 0.15) is 33.1 Å². The fraction of sp³-hybridized carbons (Fsp3) is 0.857. The molecule has 0 aromatic rings. The Bertz CT molecular complexity index is 86.9. The standard InChI is InChI=1S/C7H16N2/c1-3-5-6-9-7(8)4-2/h3-6H2,1-2H3,(H2,8,9). The van der Waals surface area contributed by atoms with Crippen molar-refractivity contribution in [1.82, 2.24) is 0 Å². The van der Waals surface area contributed by atoms with Crippen molar-refractivity contribution in [3.05, 3.63) is 0 Å². The quantitative estimate of drug-likeness (QED) is 0.348. The largest absolute Gasteiger partial charge is 0.387 e. The topological polar surface area (TPSA) is 38.4 Å². The van der Waals surface area contributed by atoms with Crippen LogP contribution in [0.15, 0.2) is 4.99 Å². The Morgan fingerprint density at radius 1 is 1.44 bits per heavy atom. The molecule has 0 atom stereocenters. The zero-order valence-corrected chi connectivity index (χ0v) is 6.35. The number of unbranched alkanes of at least 4 members (excludes halogenated alkanes) is 1. The third-order valence-electron chi connectivity index (χ3n) is 1.19. The van der Waals surface area contributed by atoms with E-state index in [1.54, 1.807) is 0 Å². The summed E-state index contributed by atoms with van der Waals surface area (Å²) in [6, 6.07) is 0. The second-order valence-electron chi connectivity index (χ2n) is 2.08. The lowest BCUT2D eigenvalue weighted by atomic mass is 10.3. The Morgan fingerprint density at radius 2 is 2.11 bits per heavy atom. The molecule has 9 heavy (non-hydrogen) atoms. The van der Waals surface area contributed by atoms with Crippen molar-refractivity contribution < 1.29 is 0 Å². The number of nitrogens with two attached hydrogens (primary N) is 1. The number of nitrogens with zero attached hydrogens (tertiary/aromatic N) is 1. The summed E-state index contributed by atoms with van der Waals surface area (Å²) in [5.74, 6) is 0.781. The lowest BCUT2D eigenvalue weighted by Gasteiger charge is -1.93. The van der Waals surface area contributed by atoms with E-state index in [-0.39, 0.29) is 0 Å². The van der Waals surface area contributed by atoms with Gasteiger partial charge in [0.25, 0.3) is 0 Å². The van der Waals surface area contributed by atoms with E-state index in [1.165, 1.54) is 6.42 Å². The minimum atomic E-state index is 0.781. The summed E-state index contributed by atoms with van der Waals surface area (Å²) in [5.41, 5.74) is 5.46. The van der Waals surface area contributed by atoms with Crippen LogP contribution in [-0.4, -0.2) is 12.4 Å². The van der Waals surface area contributed by atoms with Crippen LogP contribution in [-0.2, 0) is 0 Å². The lowest BCUT2D eigenvalue weighted by molar-refractivity contribution is 0.805. The Morgan fingerprint density at radius 3 is 2.56 bits per heavy atom. The maximum absolute atomic E-state index is 5.46. The number of hydrogen-bond acceptors (Lipinski definition) is 1. The first kappa shape index (κ1) is 8.47. The van der Waals surface area contributed by atoms with Gasteiger partial charge in [0.15, 0.2) is 0 Å². The van der Waals surface area contributed by atoms with Gasteiger partial charge in [-0.1, -0.05) is 20.3 Å². The van der Waals surface area contributed by atoms with Crippen molar-refractivity contribution in [2.45, 2.75) is 33.1 Å². The first-order chi connectivity index (χ1) is 4.31. The van der Waals surface area contributed by atoms with Crippen LogP contribution in [0, 0.1) is 0 Å². The van der Waals surface area contributed by atoms with Crippen molar-refractivity contribution in [1.29, 1.82) is 0 Å². The van der Waals surface area contributed by atoms with Crippen LogP contribution in [0.4, 0.5) is 0 Å². The van der Waals surface area contributed by atoms with Gasteiger partial charge in [0.05, 0.1) is 5.84 Å². The smallest absolute Gasteiger partial charge is 0.0934 e. The SMILES string of the molecule is CCCC/N=C(/N)CC. The molecule has 0 radical (unpaired) electrons. The lowest BCUT2D eigenvalue weighted by Crippen LogP contribution is -2.09. The Hall–Kier alpha value is -0.530. The monoisotopic (exact) mass is 128 g/mol. The van der Waals surface area contributed by atoms with Crippen LogP contribution in [0.3, 0.4) is 0 Å². The molecule has 54 valence electrons. The van der Waals surface area contributed by atoms with E-state index in [0.29, 0.717) is 0 Å². The molecule has 0 fully saturated rings. The first-order valence-corrected chi connectivity index (χ1v) is 3.60. The highest BCUT2D eigenvalue weighted by Crippen LogP contribution is 1.87. The number of aliphatic imine (C=N–C) groups is 1. The highest BCUT2D eigenvalue weighted by Gasteiger charge is 1.83. The molecular formula is C7H16N2. The zero-order valence-electron chi connectivity index (χ0n) is 6.35. The van der Waals surface area contributed by atoms with Gasteiger partial charge in [-0.25, -0.2) is 0 Å². The van der Waals surface area contributed by atoms with Crippen LogP contribution in [0.25, 0.3) is 0 Å². The Kier molecular flexibility index (Phi) is 5.27. The zero-order chi connectivity index (χ0) is 7.11. The van der Waals surface area contributed by atoms with Gasteiger partial charge in [0, 0.05) is 13.0 Å². The Labute approximate surface area is 57.2 Å². The van der Waals surface area contributed by atoms with E-state index in [0.717, 1.165) is 25.2 Å². The molecule has 0 aromatic carbocycles. The van der Waals surface area contributed by atoms with Crippen molar-refractivity contribution in [2.24, 2.45) is 10.7 Å².